The second-order valence-corrected chi connectivity index (χ2v) is 9.02. The quantitative estimate of drug-likeness (QED) is 0.503. The van der Waals surface area contributed by atoms with E-state index in [1.165, 1.54) is 12.1 Å². The molecule has 3 aromatic carbocycles. The number of hydrogen-bond donors (Lipinski definition) is 1. The SMILES string of the molecule is O=C(c1ccc(N2CC=Cc3ccccc32)cc1)N1CCC(O)(c2cccc(C(F)(F)F)c2)CC1. The standard InChI is InChI=1S/C28H25F3N2O2/c29-28(30,31)23-8-3-7-22(19-23)27(35)14-17-32(18-15-27)26(34)21-10-12-24(13-11-21)33-16-4-6-20-5-1-2-9-25(20)33/h1-13,19,35H,14-18H2. The molecule has 1 saturated heterocycles. The van der Waals surface area contributed by atoms with E-state index < -0.39 is 17.3 Å². The monoisotopic (exact) mass is 478 g/mol. The van der Waals surface area contributed by atoms with Gasteiger partial charge in [0.15, 0.2) is 0 Å². The van der Waals surface area contributed by atoms with Crippen LogP contribution in [0.15, 0.2) is 78.9 Å². The normalized spacial score (nSPS) is 17.3. The number of fused-ring (bicyclic) bond motifs is 1. The van der Waals surface area contributed by atoms with Crippen LogP contribution in [0.4, 0.5) is 24.5 Å². The van der Waals surface area contributed by atoms with Crippen LogP contribution >= 0.6 is 0 Å². The summed E-state index contributed by atoms with van der Waals surface area (Å²) in [4.78, 5) is 16.9. The Balaban J connectivity index is 1.27. The van der Waals surface area contributed by atoms with Crippen molar-refractivity contribution >= 4 is 23.4 Å². The maximum atomic E-state index is 13.1. The van der Waals surface area contributed by atoms with Crippen LogP contribution in [-0.2, 0) is 11.8 Å². The molecule has 1 amide bonds. The number of likely N-dealkylation sites (tertiary alicyclic amines) is 1. The summed E-state index contributed by atoms with van der Waals surface area (Å²) in [6.45, 7) is 1.26. The number of amides is 1. The van der Waals surface area contributed by atoms with Gasteiger partial charge in [-0.2, -0.15) is 13.2 Å². The molecule has 1 N–H and O–H groups in total. The molecule has 0 spiro atoms. The molecule has 5 rings (SSSR count). The average Bonchev–Trinajstić information content (AvgIpc) is 2.88. The van der Waals surface area contributed by atoms with Crippen molar-refractivity contribution in [2.45, 2.75) is 24.6 Å². The fourth-order valence-corrected chi connectivity index (χ4v) is 4.82. The zero-order chi connectivity index (χ0) is 24.6. The molecular formula is C28H25F3N2O2. The van der Waals surface area contributed by atoms with E-state index in [-0.39, 0.29) is 37.4 Å². The molecule has 0 aliphatic carbocycles. The van der Waals surface area contributed by atoms with E-state index >= 15 is 0 Å². The summed E-state index contributed by atoms with van der Waals surface area (Å²) < 4.78 is 39.3. The summed E-state index contributed by atoms with van der Waals surface area (Å²) in [5.41, 5.74) is 1.83. The lowest BCUT2D eigenvalue weighted by atomic mass is 9.83. The third-order valence-corrected chi connectivity index (χ3v) is 6.84. The van der Waals surface area contributed by atoms with Crippen molar-refractivity contribution in [3.05, 3.63) is 101 Å². The zero-order valence-corrected chi connectivity index (χ0v) is 19.0. The lowest BCUT2D eigenvalue weighted by Gasteiger charge is -2.38. The number of anilines is 2. The molecular weight excluding hydrogens is 453 g/mol. The molecule has 180 valence electrons. The van der Waals surface area contributed by atoms with Crippen molar-refractivity contribution in [2.75, 3.05) is 24.5 Å². The molecule has 0 unspecified atom stereocenters. The summed E-state index contributed by atoms with van der Waals surface area (Å²) in [5, 5.41) is 11.0. The van der Waals surface area contributed by atoms with Gasteiger partial charge in [-0.1, -0.05) is 42.5 Å². The summed E-state index contributed by atoms with van der Waals surface area (Å²) in [6, 6.07) is 20.4. The number of hydrogen-bond acceptors (Lipinski definition) is 3. The van der Waals surface area contributed by atoms with Crippen LogP contribution in [-0.4, -0.2) is 35.5 Å². The first-order chi connectivity index (χ1) is 16.7. The summed E-state index contributed by atoms with van der Waals surface area (Å²) in [6.07, 6.45) is 0.0765. The Hall–Kier alpha value is -3.58. The van der Waals surface area contributed by atoms with Crippen molar-refractivity contribution in [2.24, 2.45) is 0 Å². The van der Waals surface area contributed by atoms with Crippen LogP contribution in [0.2, 0.25) is 0 Å². The van der Waals surface area contributed by atoms with Gasteiger partial charge in [0.05, 0.1) is 11.2 Å². The van der Waals surface area contributed by atoms with E-state index in [1.807, 2.05) is 24.3 Å². The van der Waals surface area contributed by atoms with E-state index in [1.54, 1.807) is 17.0 Å². The van der Waals surface area contributed by atoms with E-state index in [0.717, 1.165) is 35.6 Å². The minimum absolute atomic E-state index is 0.151. The van der Waals surface area contributed by atoms with Crippen LogP contribution in [0.25, 0.3) is 6.08 Å². The van der Waals surface area contributed by atoms with Crippen LogP contribution in [0.1, 0.15) is 39.9 Å². The van der Waals surface area contributed by atoms with E-state index in [0.29, 0.717) is 5.56 Å². The lowest BCUT2D eigenvalue weighted by molar-refractivity contribution is -0.137. The van der Waals surface area contributed by atoms with Crippen LogP contribution in [0.5, 0.6) is 0 Å². The van der Waals surface area contributed by atoms with Crippen LogP contribution < -0.4 is 4.90 Å². The number of carbonyl (C=O) groups excluding carboxylic acids is 1. The Labute approximate surface area is 201 Å². The highest BCUT2D eigenvalue weighted by molar-refractivity contribution is 5.95. The number of alkyl halides is 3. The Bertz CT molecular complexity index is 1260. The Kier molecular flexibility index (Phi) is 5.89. The first-order valence-corrected chi connectivity index (χ1v) is 11.6. The molecule has 3 aromatic rings. The minimum Gasteiger partial charge on any atom is -0.385 e. The maximum Gasteiger partial charge on any atom is 0.416 e. The van der Waals surface area contributed by atoms with E-state index in [9.17, 15) is 23.1 Å². The number of rotatable bonds is 3. The number of nitrogens with zero attached hydrogens (tertiary/aromatic N) is 2. The van der Waals surface area contributed by atoms with Gasteiger partial charge in [0.25, 0.3) is 5.91 Å². The molecule has 2 heterocycles. The van der Waals surface area contributed by atoms with Crippen LogP contribution in [0.3, 0.4) is 0 Å². The topological polar surface area (TPSA) is 43.8 Å². The summed E-state index contributed by atoms with van der Waals surface area (Å²) in [5.74, 6) is -0.151. The second-order valence-electron chi connectivity index (χ2n) is 9.02. The van der Waals surface area contributed by atoms with Crippen molar-refractivity contribution in [1.29, 1.82) is 0 Å². The molecule has 0 saturated carbocycles. The van der Waals surface area contributed by atoms with E-state index in [2.05, 4.69) is 29.2 Å². The molecule has 0 aromatic heterocycles. The largest absolute Gasteiger partial charge is 0.416 e. The Morgan fingerprint density at radius 3 is 2.34 bits per heavy atom. The van der Waals surface area contributed by atoms with Gasteiger partial charge in [-0.05, 0) is 66.4 Å². The Morgan fingerprint density at radius 1 is 0.914 bits per heavy atom. The first kappa shape index (κ1) is 23.2. The van der Waals surface area contributed by atoms with Crippen molar-refractivity contribution in [3.8, 4) is 0 Å². The third-order valence-electron chi connectivity index (χ3n) is 6.84. The fourth-order valence-electron chi connectivity index (χ4n) is 4.82. The summed E-state index contributed by atoms with van der Waals surface area (Å²) in [7, 11) is 0. The number of aliphatic hydroxyl groups is 1. The number of carbonyl (C=O) groups is 1. The molecule has 0 radical (unpaired) electrons. The predicted octanol–water partition coefficient (Wildman–Crippen LogP) is 5.99. The predicted molar refractivity (Wildman–Crippen MR) is 129 cm³/mol. The van der Waals surface area contributed by atoms with Gasteiger partial charge < -0.3 is 14.9 Å². The first-order valence-electron chi connectivity index (χ1n) is 11.6. The molecule has 1 fully saturated rings. The number of benzene rings is 3. The van der Waals surface area contributed by atoms with Crippen LogP contribution in [0, 0.1) is 0 Å². The molecule has 0 atom stereocenters. The van der Waals surface area contributed by atoms with Gasteiger partial charge in [0.1, 0.15) is 0 Å². The van der Waals surface area contributed by atoms with Crippen molar-refractivity contribution in [1.82, 2.24) is 4.90 Å². The van der Waals surface area contributed by atoms with Gasteiger partial charge in [0, 0.05) is 36.6 Å². The highest BCUT2D eigenvalue weighted by Gasteiger charge is 2.38. The third kappa shape index (κ3) is 4.56. The summed E-state index contributed by atoms with van der Waals surface area (Å²) >= 11 is 0. The maximum absolute atomic E-state index is 13.1. The van der Waals surface area contributed by atoms with Gasteiger partial charge >= 0.3 is 6.18 Å². The molecule has 0 bridgehead atoms. The highest BCUT2D eigenvalue weighted by atomic mass is 19.4. The zero-order valence-electron chi connectivity index (χ0n) is 19.0. The molecule has 2 aliphatic heterocycles. The molecule has 4 nitrogen and oxygen atoms in total. The minimum atomic E-state index is -4.47. The van der Waals surface area contributed by atoms with Gasteiger partial charge in [-0.25, -0.2) is 0 Å². The molecule has 7 heteroatoms. The van der Waals surface area contributed by atoms with E-state index in [4.69, 9.17) is 0 Å². The van der Waals surface area contributed by atoms with Gasteiger partial charge in [-0.3, -0.25) is 4.79 Å². The molecule has 35 heavy (non-hydrogen) atoms. The smallest absolute Gasteiger partial charge is 0.385 e. The lowest BCUT2D eigenvalue weighted by Crippen LogP contribution is -2.45. The second kappa shape index (κ2) is 8.89. The van der Waals surface area contributed by atoms with Crippen molar-refractivity contribution in [3.63, 3.8) is 0 Å². The Morgan fingerprint density at radius 2 is 1.63 bits per heavy atom. The van der Waals surface area contributed by atoms with Gasteiger partial charge in [-0.15, -0.1) is 0 Å². The number of piperidine rings is 1. The average molecular weight is 479 g/mol. The van der Waals surface area contributed by atoms with Gasteiger partial charge in [0.2, 0.25) is 0 Å². The fraction of sp³-hybridized carbons (Fsp3) is 0.250. The number of halogens is 3. The van der Waals surface area contributed by atoms with Crippen molar-refractivity contribution < 1.29 is 23.1 Å². The highest BCUT2D eigenvalue weighted by Crippen LogP contribution is 2.37. The molecule has 2 aliphatic rings. The number of para-hydroxylation sites is 1.